The van der Waals surface area contributed by atoms with Crippen LogP contribution in [-0.4, -0.2) is 24.1 Å². The Morgan fingerprint density at radius 2 is 2.05 bits per heavy atom. The van der Waals surface area contributed by atoms with Crippen LogP contribution in [0.3, 0.4) is 0 Å². The number of carboxylic acid groups (broad SMARTS) is 1. The Kier molecular flexibility index (Phi) is 4.27. The summed E-state index contributed by atoms with van der Waals surface area (Å²) < 4.78 is 5.23. The number of amides is 1. The van der Waals surface area contributed by atoms with Gasteiger partial charge in [0.1, 0.15) is 5.75 Å². The highest BCUT2D eigenvalue weighted by molar-refractivity contribution is 5.86. The Balaban J connectivity index is 1.92. The molecule has 0 heterocycles. The number of benzene rings is 1. The topological polar surface area (TPSA) is 75.6 Å². The lowest BCUT2D eigenvalue weighted by Crippen LogP contribution is -2.43. The fourth-order valence-electron chi connectivity index (χ4n) is 2.40. The normalized spacial score (nSPS) is 20.9. The van der Waals surface area contributed by atoms with Gasteiger partial charge >= 0.3 is 5.97 Å². The molecule has 108 valence electrons. The summed E-state index contributed by atoms with van der Waals surface area (Å²) in [4.78, 5) is 22.8. The van der Waals surface area contributed by atoms with Crippen molar-refractivity contribution in [2.75, 3.05) is 7.11 Å². The molecule has 0 bridgehead atoms. The molecule has 2 N–H and O–H groups in total. The number of hydrogen-bond donors (Lipinski definition) is 2. The lowest BCUT2D eigenvalue weighted by molar-refractivity contribution is -0.152. The highest BCUT2D eigenvalue weighted by atomic mass is 16.5. The number of aliphatic carboxylic acids is 1. The van der Waals surface area contributed by atoms with Gasteiger partial charge in [0.15, 0.2) is 0 Å². The molecule has 1 saturated carbocycles. The van der Waals surface area contributed by atoms with Crippen molar-refractivity contribution >= 4 is 11.9 Å². The maximum absolute atomic E-state index is 11.9. The van der Waals surface area contributed by atoms with Crippen LogP contribution in [0.2, 0.25) is 0 Å². The quantitative estimate of drug-likeness (QED) is 0.859. The van der Waals surface area contributed by atoms with Gasteiger partial charge in [-0.05, 0) is 37.0 Å². The molecule has 2 atom stereocenters. The fourth-order valence-corrected chi connectivity index (χ4v) is 2.40. The minimum absolute atomic E-state index is 0.178. The molecule has 20 heavy (non-hydrogen) atoms. The van der Waals surface area contributed by atoms with Gasteiger partial charge in [-0.25, -0.2) is 0 Å². The van der Waals surface area contributed by atoms with Crippen molar-refractivity contribution in [1.82, 2.24) is 5.32 Å². The van der Waals surface area contributed by atoms with E-state index >= 15 is 0 Å². The summed E-state index contributed by atoms with van der Waals surface area (Å²) in [5.74, 6) is -1.19. The van der Waals surface area contributed by atoms with Crippen molar-refractivity contribution in [1.29, 1.82) is 0 Å². The van der Waals surface area contributed by atoms with Gasteiger partial charge < -0.3 is 15.2 Å². The van der Waals surface area contributed by atoms with Gasteiger partial charge in [0.05, 0.1) is 18.9 Å². The van der Waals surface area contributed by atoms with Crippen molar-refractivity contribution in [3.8, 4) is 5.75 Å². The van der Waals surface area contributed by atoms with Crippen LogP contribution < -0.4 is 10.1 Å². The predicted octanol–water partition coefficient (Wildman–Crippen LogP) is 1.73. The van der Waals surface area contributed by atoms with Gasteiger partial charge in [-0.1, -0.05) is 12.1 Å². The number of hydrogen-bond acceptors (Lipinski definition) is 3. The zero-order valence-electron chi connectivity index (χ0n) is 11.7. The molecular formula is C15H19NO4. The van der Waals surface area contributed by atoms with Crippen LogP contribution in [0.5, 0.6) is 5.75 Å². The van der Waals surface area contributed by atoms with Crippen LogP contribution in [0.4, 0.5) is 0 Å². The van der Waals surface area contributed by atoms with Gasteiger partial charge in [0.25, 0.3) is 0 Å². The van der Waals surface area contributed by atoms with Crippen LogP contribution >= 0.6 is 0 Å². The van der Waals surface area contributed by atoms with E-state index in [1.54, 1.807) is 7.11 Å². The minimum Gasteiger partial charge on any atom is -0.496 e. The summed E-state index contributed by atoms with van der Waals surface area (Å²) in [6.07, 6.45) is 1.24. The molecule has 0 saturated heterocycles. The summed E-state index contributed by atoms with van der Waals surface area (Å²) in [6, 6.07) is 5.74. The van der Waals surface area contributed by atoms with Crippen molar-refractivity contribution < 1.29 is 19.4 Å². The molecule has 0 radical (unpaired) electrons. The third kappa shape index (κ3) is 2.92. The first-order valence-corrected chi connectivity index (χ1v) is 6.67. The highest BCUT2D eigenvalue weighted by Gasteiger charge is 2.41. The van der Waals surface area contributed by atoms with Crippen molar-refractivity contribution in [2.24, 2.45) is 11.8 Å². The molecule has 2 rings (SSSR count). The summed E-state index contributed by atoms with van der Waals surface area (Å²) in [6.45, 7) is 2.34. The van der Waals surface area contributed by atoms with E-state index in [1.165, 1.54) is 0 Å². The standard InChI is InChI=1S/C15H19NO4/c1-9-3-4-10(7-13(9)20-2)8-16-14(17)11-5-6-12(11)15(18)19/h3-4,7,11-12H,5-6,8H2,1-2H3,(H,16,17)(H,18,19). The molecule has 1 aromatic rings. The SMILES string of the molecule is COc1cc(CNC(=O)C2CCC2C(=O)O)ccc1C. The van der Waals surface area contributed by atoms with E-state index < -0.39 is 11.9 Å². The third-order valence-electron chi connectivity index (χ3n) is 3.87. The van der Waals surface area contributed by atoms with Crippen LogP contribution in [0.15, 0.2) is 18.2 Å². The summed E-state index contributed by atoms with van der Waals surface area (Å²) in [5.41, 5.74) is 1.97. The molecule has 1 fully saturated rings. The van der Waals surface area contributed by atoms with Crippen LogP contribution in [0.1, 0.15) is 24.0 Å². The van der Waals surface area contributed by atoms with Crippen molar-refractivity contribution in [2.45, 2.75) is 26.3 Å². The average Bonchev–Trinajstić information content (AvgIpc) is 2.35. The fraction of sp³-hybridized carbons (Fsp3) is 0.467. The molecule has 5 nitrogen and oxygen atoms in total. The molecule has 5 heteroatoms. The number of aryl methyl sites for hydroxylation is 1. The molecule has 1 aliphatic carbocycles. The number of carbonyl (C=O) groups excluding carboxylic acids is 1. The van der Waals surface area contributed by atoms with E-state index in [0.29, 0.717) is 19.4 Å². The lowest BCUT2D eigenvalue weighted by Gasteiger charge is -2.31. The molecule has 2 unspecified atom stereocenters. The van der Waals surface area contributed by atoms with Gasteiger partial charge in [-0.2, -0.15) is 0 Å². The minimum atomic E-state index is -0.881. The summed E-state index contributed by atoms with van der Waals surface area (Å²) in [7, 11) is 1.61. The Morgan fingerprint density at radius 1 is 1.35 bits per heavy atom. The number of rotatable bonds is 5. The smallest absolute Gasteiger partial charge is 0.307 e. The summed E-state index contributed by atoms with van der Waals surface area (Å²) in [5, 5.41) is 11.7. The first-order valence-electron chi connectivity index (χ1n) is 6.67. The largest absolute Gasteiger partial charge is 0.496 e. The Labute approximate surface area is 117 Å². The number of ether oxygens (including phenoxy) is 1. The average molecular weight is 277 g/mol. The van der Waals surface area contributed by atoms with E-state index in [0.717, 1.165) is 16.9 Å². The van der Waals surface area contributed by atoms with E-state index in [-0.39, 0.29) is 11.8 Å². The lowest BCUT2D eigenvalue weighted by atomic mass is 9.73. The number of carbonyl (C=O) groups is 2. The van der Waals surface area contributed by atoms with Gasteiger partial charge in [-0.15, -0.1) is 0 Å². The molecule has 1 amide bonds. The summed E-state index contributed by atoms with van der Waals surface area (Å²) >= 11 is 0. The Bertz CT molecular complexity index is 527. The zero-order valence-corrected chi connectivity index (χ0v) is 11.7. The number of carboxylic acids is 1. The maximum atomic E-state index is 11.9. The van der Waals surface area contributed by atoms with Crippen molar-refractivity contribution in [3.63, 3.8) is 0 Å². The number of methoxy groups -OCH3 is 1. The Hall–Kier alpha value is -2.04. The van der Waals surface area contributed by atoms with E-state index in [2.05, 4.69) is 5.32 Å². The zero-order chi connectivity index (χ0) is 14.7. The maximum Gasteiger partial charge on any atom is 0.307 e. The van der Waals surface area contributed by atoms with Gasteiger partial charge in [-0.3, -0.25) is 9.59 Å². The Morgan fingerprint density at radius 3 is 2.60 bits per heavy atom. The number of nitrogens with one attached hydrogen (secondary N) is 1. The van der Waals surface area contributed by atoms with Gasteiger partial charge in [0, 0.05) is 6.54 Å². The van der Waals surface area contributed by atoms with E-state index in [1.807, 2.05) is 25.1 Å². The predicted molar refractivity (Wildman–Crippen MR) is 73.4 cm³/mol. The molecule has 1 aliphatic rings. The van der Waals surface area contributed by atoms with Crippen LogP contribution in [0.25, 0.3) is 0 Å². The van der Waals surface area contributed by atoms with Crippen LogP contribution in [0, 0.1) is 18.8 Å². The monoisotopic (exact) mass is 277 g/mol. The van der Waals surface area contributed by atoms with E-state index in [9.17, 15) is 9.59 Å². The molecule has 0 aliphatic heterocycles. The first-order chi connectivity index (χ1) is 9.52. The second-order valence-electron chi connectivity index (χ2n) is 5.15. The third-order valence-corrected chi connectivity index (χ3v) is 3.87. The second-order valence-corrected chi connectivity index (χ2v) is 5.15. The second kappa shape index (κ2) is 5.94. The highest BCUT2D eigenvalue weighted by Crippen LogP contribution is 2.34. The van der Waals surface area contributed by atoms with E-state index in [4.69, 9.17) is 9.84 Å². The van der Waals surface area contributed by atoms with Gasteiger partial charge in [0.2, 0.25) is 5.91 Å². The molecule has 0 aromatic heterocycles. The first kappa shape index (κ1) is 14.4. The van der Waals surface area contributed by atoms with Crippen LogP contribution in [-0.2, 0) is 16.1 Å². The molecule has 0 spiro atoms. The molecule has 1 aromatic carbocycles. The van der Waals surface area contributed by atoms with Crippen molar-refractivity contribution in [3.05, 3.63) is 29.3 Å². The molecular weight excluding hydrogens is 258 g/mol.